The van der Waals surface area contributed by atoms with Crippen LogP contribution in [0.1, 0.15) is 5.56 Å². The fourth-order valence-corrected chi connectivity index (χ4v) is 3.04. The number of rotatable bonds is 6. The number of hydrogen-bond donors (Lipinski definition) is 0. The lowest BCUT2D eigenvalue weighted by Gasteiger charge is -2.38. The predicted molar refractivity (Wildman–Crippen MR) is 96.3 cm³/mol. The predicted octanol–water partition coefficient (Wildman–Crippen LogP) is 3.14. The van der Waals surface area contributed by atoms with Gasteiger partial charge in [0.15, 0.2) is 11.5 Å². The van der Waals surface area contributed by atoms with Crippen LogP contribution < -0.4 is 9.47 Å². The van der Waals surface area contributed by atoms with E-state index in [1.165, 1.54) is 5.56 Å². The Labute approximate surface area is 147 Å². The molecular formula is C20H21N3O2. The first kappa shape index (κ1) is 15.7. The van der Waals surface area contributed by atoms with Crippen molar-refractivity contribution >= 4 is 0 Å². The number of aromatic nitrogens is 2. The fourth-order valence-electron chi connectivity index (χ4n) is 3.04. The fraction of sp³-hybridized carbons (Fsp3) is 0.250. The van der Waals surface area contributed by atoms with Crippen LogP contribution in [-0.4, -0.2) is 41.0 Å². The highest BCUT2D eigenvalue weighted by Crippen LogP contribution is 2.29. The Balaban J connectivity index is 1.31. The van der Waals surface area contributed by atoms with E-state index in [1.54, 1.807) is 7.11 Å². The average molecular weight is 335 g/mol. The second kappa shape index (κ2) is 6.99. The van der Waals surface area contributed by atoms with Crippen LogP contribution in [0.2, 0.25) is 0 Å². The van der Waals surface area contributed by atoms with Crippen LogP contribution in [0.15, 0.2) is 67.0 Å². The van der Waals surface area contributed by atoms with Gasteiger partial charge >= 0.3 is 0 Å². The molecule has 2 heterocycles. The van der Waals surface area contributed by atoms with Gasteiger partial charge < -0.3 is 9.47 Å². The maximum absolute atomic E-state index is 6.03. The first-order valence-corrected chi connectivity index (χ1v) is 8.43. The molecule has 2 aromatic carbocycles. The van der Waals surface area contributed by atoms with Crippen molar-refractivity contribution in [3.8, 4) is 17.2 Å². The summed E-state index contributed by atoms with van der Waals surface area (Å²) in [6.45, 7) is 2.71. The summed E-state index contributed by atoms with van der Waals surface area (Å²) in [4.78, 5) is 2.35. The molecule has 0 aliphatic carbocycles. The molecule has 5 nitrogen and oxygen atoms in total. The van der Waals surface area contributed by atoms with Crippen molar-refractivity contribution < 1.29 is 9.47 Å². The molecule has 0 radical (unpaired) electrons. The molecule has 0 bridgehead atoms. The Kier molecular flexibility index (Phi) is 4.39. The molecule has 1 aliphatic rings. The molecule has 0 unspecified atom stereocenters. The summed E-state index contributed by atoms with van der Waals surface area (Å²) in [5.74, 6) is 1.59. The van der Waals surface area contributed by atoms with Crippen molar-refractivity contribution in [3.05, 3.63) is 72.6 Å². The van der Waals surface area contributed by atoms with Gasteiger partial charge in [-0.2, -0.15) is 5.10 Å². The van der Waals surface area contributed by atoms with Crippen molar-refractivity contribution in [3.63, 3.8) is 0 Å². The van der Waals surface area contributed by atoms with Gasteiger partial charge in [-0.25, -0.2) is 4.68 Å². The van der Waals surface area contributed by atoms with Crippen LogP contribution in [0.25, 0.3) is 5.69 Å². The Hall–Kier alpha value is -2.79. The molecule has 0 amide bonds. The molecule has 128 valence electrons. The van der Waals surface area contributed by atoms with E-state index in [2.05, 4.69) is 28.3 Å². The molecule has 1 aromatic heterocycles. The van der Waals surface area contributed by atoms with Crippen LogP contribution >= 0.6 is 0 Å². The van der Waals surface area contributed by atoms with Gasteiger partial charge in [0.05, 0.1) is 19.0 Å². The van der Waals surface area contributed by atoms with E-state index in [1.807, 2.05) is 53.3 Å². The molecule has 1 saturated heterocycles. The van der Waals surface area contributed by atoms with Gasteiger partial charge in [-0.05, 0) is 24.3 Å². The monoisotopic (exact) mass is 335 g/mol. The van der Waals surface area contributed by atoms with E-state index in [-0.39, 0.29) is 6.10 Å². The quantitative estimate of drug-likeness (QED) is 0.694. The van der Waals surface area contributed by atoms with Gasteiger partial charge in [0.1, 0.15) is 6.10 Å². The van der Waals surface area contributed by atoms with Crippen molar-refractivity contribution in [2.24, 2.45) is 0 Å². The van der Waals surface area contributed by atoms with E-state index in [9.17, 15) is 0 Å². The van der Waals surface area contributed by atoms with Gasteiger partial charge in [0.2, 0.25) is 0 Å². The lowest BCUT2D eigenvalue weighted by molar-refractivity contribution is 0.0131. The van der Waals surface area contributed by atoms with E-state index in [0.29, 0.717) is 0 Å². The molecule has 0 atom stereocenters. The highest BCUT2D eigenvalue weighted by Gasteiger charge is 2.29. The normalized spacial score (nSPS) is 14.9. The summed E-state index contributed by atoms with van der Waals surface area (Å²) < 4.78 is 13.3. The zero-order valence-electron chi connectivity index (χ0n) is 14.2. The standard InChI is InChI=1S/C20H21N3O2/c1-24-19-9-5-6-10-20(19)25-18-14-22(15-18)12-16-11-21-23(13-16)17-7-3-2-4-8-17/h2-11,13,18H,12,14-15H2,1H3. The molecule has 0 saturated carbocycles. The average Bonchev–Trinajstić information content (AvgIpc) is 3.10. The van der Waals surface area contributed by atoms with Gasteiger partial charge in [0.25, 0.3) is 0 Å². The third kappa shape index (κ3) is 3.51. The van der Waals surface area contributed by atoms with E-state index in [0.717, 1.165) is 36.8 Å². The van der Waals surface area contributed by atoms with Crippen LogP contribution in [0.4, 0.5) is 0 Å². The Morgan fingerprint density at radius 2 is 1.72 bits per heavy atom. The second-order valence-corrected chi connectivity index (χ2v) is 6.21. The number of benzene rings is 2. The summed E-state index contributed by atoms with van der Waals surface area (Å²) in [5, 5.41) is 4.45. The summed E-state index contributed by atoms with van der Waals surface area (Å²) >= 11 is 0. The maximum Gasteiger partial charge on any atom is 0.161 e. The maximum atomic E-state index is 6.03. The summed E-state index contributed by atoms with van der Waals surface area (Å²) in [5.41, 5.74) is 2.29. The van der Waals surface area contributed by atoms with Gasteiger partial charge in [-0.1, -0.05) is 30.3 Å². The number of hydrogen-bond acceptors (Lipinski definition) is 4. The molecule has 25 heavy (non-hydrogen) atoms. The molecule has 0 spiro atoms. The van der Waals surface area contributed by atoms with Crippen LogP contribution in [0, 0.1) is 0 Å². The lowest BCUT2D eigenvalue weighted by atomic mass is 10.1. The second-order valence-electron chi connectivity index (χ2n) is 6.21. The third-order valence-corrected chi connectivity index (χ3v) is 4.35. The Morgan fingerprint density at radius 1 is 1.00 bits per heavy atom. The van der Waals surface area contributed by atoms with Crippen molar-refractivity contribution in [2.75, 3.05) is 20.2 Å². The van der Waals surface area contributed by atoms with E-state index >= 15 is 0 Å². The SMILES string of the molecule is COc1ccccc1OC1CN(Cc2cnn(-c3ccccc3)c2)C1. The summed E-state index contributed by atoms with van der Waals surface area (Å²) in [7, 11) is 1.67. The van der Waals surface area contributed by atoms with E-state index in [4.69, 9.17) is 9.47 Å². The first-order chi connectivity index (χ1) is 12.3. The number of methoxy groups -OCH3 is 1. The summed E-state index contributed by atoms with van der Waals surface area (Å²) in [6, 6.07) is 17.9. The molecule has 4 rings (SSSR count). The molecular weight excluding hydrogens is 314 g/mol. The Bertz CT molecular complexity index is 826. The number of ether oxygens (including phenoxy) is 2. The van der Waals surface area contributed by atoms with E-state index < -0.39 is 0 Å². The zero-order chi connectivity index (χ0) is 17.1. The molecule has 3 aromatic rings. The topological polar surface area (TPSA) is 39.5 Å². The molecule has 1 fully saturated rings. The highest BCUT2D eigenvalue weighted by molar-refractivity contribution is 5.39. The van der Waals surface area contributed by atoms with Gasteiger partial charge in [-0.3, -0.25) is 4.90 Å². The number of nitrogens with zero attached hydrogens (tertiary/aromatic N) is 3. The van der Waals surface area contributed by atoms with Crippen molar-refractivity contribution in [1.29, 1.82) is 0 Å². The number of para-hydroxylation sites is 3. The minimum absolute atomic E-state index is 0.209. The van der Waals surface area contributed by atoms with Gasteiger partial charge in [-0.15, -0.1) is 0 Å². The van der Waals surface area contributed by atoms with Crippen molar-refractivity contribution in [1.82, 2.24) is 14.7 Å². The van der Waals surface area contributed by atoms with Gasteiger partial charge in [0, 0.05) is 31.4 Å². The van der Waals surface area contributed by atoms with Crippen molar-refractivity contribution in [2.45, 2.75) is 12.6 Å². The Morgan fingerprint density at radius 3 is 2.48 bits per heavy atom. The van der Waals surface area contributed by atoms with Crippen LogP contribution in [-0.2, 0) is 6.54 Å². The first-order valence-electron chi connectivity index (χ1n) is 8.43. The molecule has 5 heteroatoms. The minimum atomic E-state index is 0.209. The number of likely N-dealkylation sites (tertiary alicyclic amines) is 1. The highest BCUT2D eigenvalue weighted by atomic mass is 16.5. The van der Waals surface area contributed by atoms with Crippen LogP contribution in [0.3, 0.4) is 0 Å². The third-order valence-electron chi connectivity index (χ3n) is 4.35. The smallest absolute Gasteiger partial charge is 0.161 e. The summed E-state index contributed by atoms with van der Waals surface area (Å²) in [6.07, 6.45) is 4.23. The minimum Gasteiger partial charge on any atom is -0.493 e. The largest absolute Gasteiger partial charge is 0.493 e. The molecule has 0 N–H and O–H groups in total. The zero-order valence-corrected chi connectivity index (χ0v) is 14.2. The molecule has 1 aliphatic heterocycles. The van der Waals surface area contributed by atoms with Crippen LogP contribution in [0.5, 0.6) is 11.5 Å². The lowest BCUT2D eigenvalue weighted by Crippen LogP contribution is -2.53.